The Bertz CT molecular complexity index is 920. The molecule has 29 heavy (non-hydrogen) atoms. The van der Waals surface area contributed by atoms with Crippen molar-refractivity contribution < 1.29 is 14.3 Å². The van der Waals surface area contributed by atoms with Crippen LogP contribution in [-0.2, 0) is 4.74 Å². The third-order valence-electron chi connectivity index (χ3n) is 5.44. The van der Waals surface area contributed by atoms with Crippen LogP contribution in [0.25, 0.3) is 0 Å². The number of cyclic esters (lactones) is 1. The largest absolute Gasteiger partial charge is 0.444 e. The zero-order valence-electron chi connectivity index (χ0n) is 17.1. The van der Waals surface area contributed by atoms with Crippen LogP contribution in [0.1, 0.15) is 28.4 Å². The Morgan fingerprint density at radius 1 is 1.10 bits per heavy atom. The molecular weight excluding hydrogens is 368 g/mol. The van der Waals surface area contributed by atoms with E-state index in [4.69, 9.17) is 4.74 Å². The van der Waals surface area contributed by atoms with Crippen LogP contribution in [0.5, 0.6) is 0 Å². The van der Waals surface area contributed by atoms with Crippen LogP contribution in [0.15, 0.2) is 36.5 Å². The van der Waals surface area contributed by atoms with E-state index in [1.54, 1.807) is 17.0 Å². The smallest absolute Gasteiger partial charge is 0.414 e. The van der Waals surface area contributed by atoms with E-state index in [1.807, 2.05) is 37.1 Å². The highest BCUT2D eigenvalue weighted by Crippen LogP contribution is 2.23. The number of anilines is 2. The van der Waals surface area contributed by atoms with Gasteiger partial charge in [0, 0.05) is 43.6 Å². The normalized spacial score (nSPS) is 19.5. The van der Waals surface area contributed by atoms with Crippen molar-refractivity contribution in [3.63, 3.8) is 0 Å². The lowest BCUT2D eigenvalue weighted by Gasteiger charge is -2.36. The van der Waals surface area contributed by atoms with Gasteiger partial charge in [-0.15, -0.1) is 0 Å². The summed E-state index contributed by atoms with van der Waals surface area (Å²) in [6.45, 7) is 9.35. The third kappa shape index (κ3) is 3.90. The molecular formula is C22H26N4O3. The van der Waals surface area contributed by atoms with E-state index in [9.17, 15) is 9.59 Å². The molecule has 2 saturated heterocycles. The molecule has 7 heteroatoms. The molecule has 7 nitrogen and oxygen atoms in total. The second-order valence-corrected chi connectivity index (χ2v) is 7.78. The molecule has 0 radical (unpaired) electrons. The number of aryl methyl sites for hydroxylation is 2. The quantitative estimate of drug-likeness (QED) is 0.801. The Morgan fingerprint density at radius 3 is 2.38 bits per heavy atom. The SMILES string of the molecule is Cc1cnc(N2CCN(C(=O)c3ccc(N4C[C@@H](C)OC4=O)cc3)CC2)c(C)c1. The minimum Gasteiger partial charge on any atom is -0.444 e. The standard InChI is InChI=1S/C22H26N4O3/c1-15-12-16(2)20(23-13-15)24-8-10-25(11-9-24)21(27)18-4-6-19(7-5-18)26-14-17(3)29-22(26)28/h4-7,12-13,17H,8-11,14H2,1-3H3/t17-/m1/s1. The Morgan fingerprint density at radius 2 is 1.79 bits per heavy atom. The van der Waals surface area contributed by atoms with Crippen molar-refractivity contribution in [2.45, 2.75) is 26.9 Å². The minimum atomic E-state index is -0.340. The van der Waals surface area contributed by atoms with Gasteiger partial charge in [0.25, 0.3) is 5.91 Å². The van der Waals surface area contributed by atoms with Crippen LogP contribution in [0.2, 0.25) is 0 Å². The van der Waals surface area contributed by atoms with Gasteiger partial charge in [-0.2, -0.15) is 0 Å². The number of rotatable bonds is 3. The highest BCUT2D eigenvalue weighted by atomic mass is 16.6. The number of carbonyl (C=O) groups excluding carboxylic acids is 2. The predicted octanol–water partition coefficient (Wildman–Crippen LogP) is 3.01. The van der Waals surface area contributed by atoms with Crippen molar-refractivity contribution in [2.24, 2.45) is 0 Å². The zero-order valence-corrected chi connectivity index (χ0v) is 17.1. The monoisotopic (exact) mass is 394 g/mol. The van der Waals surface area contributed by atoms with E-state index in [1.165, 1.54) is 0 Å². The molecule has 2 aromatic rings. The number of piperazine rings is 1. The van der Waals surface area contributed by atoms with Crippen molar-refractivity contribution in [3.8, 4) is 0 Å². The molecule has 0 saturated carbocycles. The second-order valence-electron chi connectivity index (χ2n) is 7.78. The van der Waals surface area contributed by atoms with E-state index in [-0.39, 0.29) is 18.1 Å². The average molecular weight is 394 g/mol. The lowest BCUT2D eigenvalue weighted by atomic mass is 10.1. The van der Waals surface area contributed by atoms with Crippen molar-refractivity contribution in [2.75, 3.05) is 42.5 Å². The molecule has 0 bridgehead atoms. The molecule has 0 aliphatic carbocycles. The van der Waals surface area contributed by atoms with Gasteiger partial charge in [0.15, 0.2) is 0 Å². The number of aromatic nitrogens is 1. The molecule has 3 heterocycles. The van der Waals surface area contributed by atoms with Gasteiger partial charge in [0.2, 0.25) is 0 Å². The van der Waals surface area contributed by atoms with Gasteiger partial charge in [-0.1, -0.05) is 6.07 Å². The van der Waals surface area contributed by atoms with Crippen LogP contribution < -0.4 is 9.80 Å². The molecule has 4 rings (SSSR count). The van der Waals surface area contributed by atoms with Gasteiger partial charge in [-0.25, -0.2) is 9.78 Å². The van der Waals surface area contributed by atoms with Gasteiger partial charge in [0.1, 0.15) is 11.9 Å². The maximum absolute atomic E-state index is 12.9. The van der Waals surface area contributed by atoms with Gasteiger partial charge in [-0.3, -0.25) is 9.69 Å². The molecule has 0 unspecified atom stereocenters. The van der Waals surface area contributed by atoms with Crippen LogP contribution in [0, 0.1) is 13.8 Å². The van der Waals surface area contributed by atoms with Crippen LogP contribution in [0.3, 0.4) is 0 Å². The fourth-order valence-electron chi connectivity index (χ4n) is 3.94. The first-order valence-electron chi connectivity index (χ1n) is 9.98. The average Bonchev–Trinajstić information content (AvgIpc) is 3.06. The molecule has 1 aromatic carbocycles. The minimum absolute atomic E-state index is 0.0159. The zero-order chi connectivity index (χ0) is 20.5. The molecule has 1 aromatic heterocycles. The molecule has 2 aliphatic rings. The summed E-state index contributed by atoms with van der Waals surface area (Å²) in [5, 5.41) is 0. The molecule has 2 fully saturated rings. The summed E-state index contributed by atoms with van der Waals surface area (Å²) >= 11 is 0. The number of nitrogens with zero attached hydrogens (tertiary/aromatic N) is 4. The maximum Gasteiger partial charge on any atom is 0.414 e. The number of carbonyl (C=O) groups is 2. The first-order valence-corrected chi connectivity index (χ1v) is 9.98. The Balaban J connectivity index is 1.39. The van der Waals surface area contributed by atoms with Gasteiger partial charge in [0.05, 0.1) is 6.54 Å². The number of pyridine rings is 1. The number of benzene rings is 1. The fourth-order valence-corrected chi connectivity index (χ4v) is 3.94. The van der Waals surface area contributed by atoms with Gasteiger partial charge < -0.3 is 14.5 Å². The lowest BCUT2D eigenvalue weighted by Crippen LogP contribution is -2.49. The van der Waals surface area contributed by atoms with Crippen molar-refractivity contribution in [1.29, 1.82) is 0 Å². The van der Waals surface area contributed by atoms with E-state index in [2.05, 4.69) is 22.9 Å². The van der Waals surface area contributed by atoms with Crippen molar-refractivity contribution in [3.05, 3.63) is 53.2 Å². The molecule has 0 N–H and O–H groups in total. The number of hydrogen-bond donors (Lipinski definition) is 0. The Kier molecular flexibility index (Phi) is 5.13. The third-order valence-corrected chi connectivity index (χ3v) is 5.44. The van der Waals surface area contributed by atoms with Gasteiger partial charge >= 0.3 is 6.09 Å². The highest BCUT2D eigenvalue weighted by molar-refractivity contribution is 5.96. The summed E-state index contributed by atoms with van der Waals surface area (Å²) in [5.74, 6) is 1.01. The topological polar surface area (TPSA) is 66.0 Å². The van der Waals surface area contributed by atoms with Crippen molar-refractivity contribution in [1.82, 2.24) is 9.88 Å². The van der Waals surface area contributed by atoms with Crippen LogP contribution in [0.4, 0.5) is 16.3 Å². The Hall–Kier alpha value is -3.09. The summed E-state index contributed by atoms with van der Waals surface area (Å²) in [5.41, 5.74) is 3.70. The summed E-state index contributed by atoms with van der Waals surface area (Å²) in [7, 11) is 0. The summed E-state index contributed by atoms with van der Waals surface area (Å²) in [6.07, 6.45) is 1.43. The second kappa shape index (κ2) is 7.73. The first-order chi connectivity index (χ1) is 13.9. The Labute approximate surface area is 170 Å². The van der Waals surface area contributed by atoms with E-state index in [0.29, 0.717) is 25.2 Å². The lowest BCUT2D eigenvalue weighted by molar-refractivity contribution is 0.0746. The summed E-state index contributed by atoms with van der Waals surface area (Å²) in [4.78, 5) is 35.0. The number of amides is 2. The highest BCUT2D eigenvalue weighted by Gasteiger charge is 2.29. The van der Waals surface area contributed by atoms with Gasteiger partial charge in [-0.05, 0) is 56.2 Å². The fraction of sp³-hybridized carbons (Fsp3) is 0.409. The molecule has 2 amide bonds. The number of ether oxygens (including phenoxy) is 1. The van der Waals surface area contributed by atoms with E-state index in [0.717, 1.165) is 35.7 Å². The van der Waals surface area contributed by atoms with Crippen LogP contribution >= 0.6 is 0 Å². The first kappa shape index (κ1) is 19.2. The van der Waals surface area contributed by atoms with E-state index >= 15 is 0 Å². The molecule has 0 spiro atoms. The van der Waals surface area contributed by atoms with Crippen molar-refractivity contribution >= 4 is 23.5 Å². The number of hydrogen-bond acceptors (Lipinski definition) is 5. The predicted molar refractivity (Wildman–Crippen MR) is 112 cm³/mol. The summed E-state index contributed by atoms with van der Waals surface area (Å²) < 4.78 is 5.16. The van der Waals surface area contributed by atoms with E-state index < -0.39 is 0 Å². The maximum atomic E-state index is 12.9. The summed E-state index contributed by atoms with van der Waals surface area (Å²) in [6, 6.07) is 9.32. The molecule has 1 atom stereocenters. The molecule has 152 valence electrons. The van der Waals surface area contributed by atoms with Crippen LogP contribution in [-0.4, -0.2) is 60.7 Å². The molecule has 2 aliphatic heterocycles.